The van der Waals surface area contributed by atoms with Crippen LogP contribution < -0.4 is 11.1 Å². The Morgan fingerprint density at radius 1 is 1.05 bits per heavy atom. The van der Waals surface area contributed by atoms with Gasteiger partial charge in [-0.3, -0.25) is 9.59 Å². The van der Waals surface area contributed by atoms with Crippen LogP contribution in [-0.4, -0.2) is 16.9 Å². The number of phenols is 1. The molecule has 0 fully saturated rings. The molecule has 0 unspecified atom stereocenters. The molecule has 0 aliphatic rings. The van der Waals surface area contributed by atoms with Crippen LogP contribution in [0.3, 0.4) is 0 Å². The van der Waals surface area contributed by atoms with Gasteiger partial charge in [0.2, 0.25) is 5.76 Å². The van der Waals surface area contributed by atoms with E-state index in [1.165, 1.54) is 12.1 Å². The Kier molecular flexibility index (Phi) is 3.27. The normalized spacial score (nSPS) is 10.5. The maximum Gasteiger partial charge on any atom is 0.286 e. The molecule has 0 atom stereocenters. The zero-order valence-corrected chi connectivity index (χ0v) is 11.4. The molecule has 0 spiro atoms. The number of hydrogen-bond acceptors (Lipinski definition) is 4. The van der Waals surface area contributed by atoms with E-state index in [2.05, 4.69) is 5.32 Å². The fourth-order valence-corrected chi connectivity index (χ4v) is 2.19. The molecule has 22 heavy (non-hydrogen) atoms. The molecule has 110 valence electrons. The van der Waals surface area contributed by atoms with E-state index >= 15 is 0 Å². The van der Waals surface area contributed by atoms with E-state index in [-0.39, 0.29) is 22.8 Å². The number of furan rings is 1. The van der Waals surface area contributed by atoms with Crippen LogP contribution in [0.5, 0.6) is 5.75 Å². The minimum Gasteiger partial charge on any atom is -0.507 e. The molecule has 0 aliphatic heterocycles. The summed E-state index contributed by atoms with van der Waals surface area (Å²) in [5.41, 5.74) is 6.00. The third-order valence-electron chi connectivity index (χ3n) is 3.21. The largest absolute Gasteiger partial charge is 0.507 e. The predicted molar refractivity (Wildman–Crippen MR) is 80.8 cm³/mol. The van der Waals surface area contributed by atoms with Crippen molar-refractivity contribution in [1.29, 1.82) is 0 Å². The van der Waals surface area contributed by atoms with E-state index in [4.69, 9.17) is 10.2 Å². The van der Waals surface area contributed by atoms with Crippen molar-refractivity contribution in [3.8, 4) is 5.75 Å². The van der Waals surface area contributed by atoms with E-state index in [9.17, 15) is 14.7 Å². The van der Waals surface area contributed by atoms with Crippen molar-refractivity contribution < 1.29 is 19.1 Å². The highest BCUT2D eigenvalue weighted by atomic mass is 16.3. The molecule has 1 heterocycles. The molecule has 0 saturated carbocycles. The fraction of sp³-hybridized carbons (Fsp3) is 0. The maximum absolute atomic E-state index is 12.3. The lowest BCUT2D eigenvalue weighted by Gasteiger charge is -2.06. The van der Waals surface area contributed by atoms with Gasteiger partial charge in [-0.25, -0.2) is 0 Å². The van der Waals surface area contributed by atoms with E-state index in [1.807, 2.05) is 0 Å². The average molecular weight is 296 g/mol. The second-order valence-electron chi connectivity index (χ2n) is 4.64. The van der Waals surface area contributed by atoms with E-state index in [1.54, 1.807) is 36.4 Å². The van der Waals surface area contributed by atoms with Crippen molar-refractivity contribution in [2.24, 2.45) is 5.73 Å². The quantitative estimate of drug-likeness (QED) is 0.690. The van der Waals surface area contributed by atoms with E-state index < -0.39 is 11.8 Å². The Hall–Kier alpha value is -3.28. The standard InChI is InChI=1S/C16H12N2O4/c17-15(20)14-13(10-6-2-4-8-12(10)22-14)18-16(21)9-5-1-3-7-11(9)19/h1-8,19H,(H2,17,20)(H,18,21). The number of phenolic OH excluding ortho intramolecular Hbond substituents is 1. The molecule has 6 heteroatoms. The van der Waals surface area contributed by atoms with Crippen LogP contribution in [0.1, 0.15) is 20.9 Å². The van der Waals surface area contributed by atoms with Crippen LogP contribution in [-0.2, 0) is 0 Å². The molecule has 3 aromatic rings. The van der Waals surface area contributed by atoms with Gasteiger partial charge in [0.05, 0.1) is 5.56 Å². The molecule has 0 aliphatic carbocycles. The number of primary amides is 1. The molecule has 1 aromatic heterocycles. The summed E-state index contributed by atoms with van der Waals surface area (Å²) in [6.07, 6.45) is 0. The summed E-state index contributed by atoms with van der Waals surface area (Å²) in [7, 11) is 0. The lowest BCUT2D eigenvalue weighted by atomic mass is 10.1. The van der Waals surface area contributed by atoms with Crippen LogP contribution in [0.2, 0.25) is 0 Å². The van der Waals surface area contributed by atoms with Gasteiger partial charge < -0.3 is 20.6 Å². The monoisotopic (exact) mass is 296 g/mol. The van der Waals surface area contributed by atoms with Crippen LogP contribution in [0, 0.1) is 0 Å². The number of carbonyl (C=O) groups excluding carboxylic acids is 2. The number of hydrogen-bond donors (Lipinski definition) is 3. The number of benzene rings is 2. The highest BCUT2D eigenvalue weighted by Gasteiger charge is 2.21. The topological polar surface area (TPSA) is 106 Å². The second kappa shape index (κ2) is 5.25. The lowest BCUT2D eigenvalue weighted by molar-refractivity contribution is 0.0977. The van der Waals surface area contributed by atoms with Crippen molar-refractivity contribution in [3.05, 3.63) is 59.9 Å². The zero-order chi connectivity index (χ0) is 15.7. The first kappa shape index (κ1) is 13.7. The molecule has 6 nitrogen and oxygen atoms in total. The lowest BCUT2D eigenvalue weighted by Crippen LogP contribution is -2.17. The number of aromatic hydroxyl groups is 1. The predicted octanol–water partition coefficient (Wildman–Crippen LogP) is 2.49. The average Bonchev–Trinajstić information content (AvgIpc) is 2.87. The minimum absolute atomic E-state index is 0.0863. The van der Waals surface area contributed by atoms with Crippen LogP contribution in [0.4, 0.5) is 5.69 Å². The molecule has 4 N–H and O–H groups in total. The van der Waals surface area contributed by atoms with E-state index in [0.717, 1.165) is 0 Å². The number of rotatable bonds is 3. The third-order valence-corrected chi connectivity index (χ3v) is 3.21. The molecule has 0 radical (unpaired) electrons. The van der Waals surface area contributed by atoms with Gasteiger partial charge in [0, 0.05) is 5.39 Å². The van der Waals surface area contributed by atoms with Crippen LogP contribution in [0.25, 0.3) is 11.0 Å². The van der Waals surface area contributed by atoms with Gasteiger partial charge in [-0.15, -0.1) is 0 Å². The summed E-state index contributed by atoms with van der Waals surface area (Å²) in [5, 5.41) is 12.9. The van der Waals surface area contributed by atoms with Gasteiger partial charge >= 0.3 is 0 Å². The summed E-state index contributed by atoms with van der Waals surface area (Å²) in [4.78, 5) is 23.8. The molecule has 3 rings (SSSR count). The van der Waals surface area contributed by atoms with Crippen LogP contribution >= 0.6 is 0 Å². The van der Waals surface area contributed by atoms with Crippen molar-refractivity contribution in [2.45, 2.75) is 0 Å². The molecule has 2 amide bonds. The smallest absolute Gasteiger partial charge is 0.286 e. The highest BCUT2D eigenvalue weighted by Crippen LogP contribution is 2.31. The van der Waals surface area contributed by atoms with Gasteiger partial charge in [0.15, 0.2) is 0 Å². The number of fused-ring (bicyclic) bond motifs is 1. The molecule has 2 aromatic carbocycles. The van der Waals surface area contributed by atoms with Gasteiger partial charge in [-0.05, 0) is 24.3 Å². The zero-order valence-electron chi connectivity index (χ0n) is 11.4. The molecule has 0 bridgehead atoms. The number of amides is 2. The Morgan fingerprint density at radius 3 is 2.45 bits per heavy atom. The van der Waals surface area contributed by atoms with E-state index in [0.29, 0.717) is 11.0 Å². The number of para-hydroxylation sites is 2. The first-order chi connectivity index (χ1) is 10.6. The molecular formula is C16H12N2O4. The van der Waals surface area contributed by atoms with Crippen molar-refractivity contribution in [1.82, 2.24) is 0 Å². The Balaban J connectivity index is 2.07. The Morgan fingerprint density at radius 2 is 1.73 bits per heavy atom. The number of anilines is 1. The van der Waals surface area contributed by atoms with Crippen LogP contribution in [0.15, 0.2) is 52.9 Å². The fourth-order valence-electron chi connectivity index (χ4n) is 2.19. The summed E-state index contributed by atoms with van der Waals surface area (Å²) >= 11 is 0. The Bertz CT molecular complexity index is 883. The summed E-state index contributed by atoms with van der Waals surface area (Å²) in [6, 6.07) is 13.0. The number of nitrogens with one attached hydrogen (secondary N) is 1. The summed E-state index contributed by atoms with van der Waals surface area (Å²) in [6.45, 7) is 0. The van der Waals surface area contributed by atoms with Crippen molar-refractivity contribution >= 4 is 28.5 Å². The first-order valence-corrected chi connectivity index (χ1v) is 6.48. The molecular weight excluding hydrogens is 284 g/mol. The van der Waals surface area contributed by atoms with Gasteiger partial charge in [-0.1, -0.05) is 24.3 Å². The second-order valence-corrected chi connectivity index (χ2v) is 4.64. The van der Waals surface area contributed by atoms with Gasteiger partial charge in [0.1, 0.15) is 17.0 Å². The highest BCUT2D eigenvalue weighted by molar-refractivity contribution is 6.14. The molecule has 0 saturated heterocycles. The minimum atomic E-state index is -0.788. The SMILES string of the molecule is NC(=O)c1oc2ccccc2c1NC(=O)c1ccccc1O. The summed E-state index contributed by atoms with van der Waals surface area (Å²) in [5.74, 6) is -1.64. The Labute approximate surface area is 125 Å². The summed E-state index contributed by atoms with van der Waals surface area (Å²) < 4.78 is 5.38. The third kappa shape index (κ3) is 2.26. The first-order valence-electron chi connectivity index (χ1n) is 6.48. The van der Waals surface area contributed by atoms with Crippen molar-refractivity contribution in [3.63, 3.8) is 0 Å². The maximum atomic E-state index is 12.3. The number of nitrogens with two attached hydrogens (primary N) is 1. The van der Waals surface area contributed by atoms with Gasteiger partial charge in [0.25, 0.3) is 11.8 Å². The number of carbonyl (C=O) groups is 2. The van der Waals surface area contributed by atoms with Gasteiger partial charge in [-0.2, -0.15) is 0 Å². The van der Waals surface area contributed by atoms with Crippen molar-refractivity contribution in [2.75, 3.05) is 5.32 Å².